The Kier molecular flexibility index (Phi) is 9.05. The summed E-state index contributed by atoms with van der Waals surface area (Å²) in [4.78, 5) is 20.4. The van der Waals surface area contributed by atoms with Gasteiger partial charge in [0.15, 0.2) is 0 Å². The minimum Gasteiger partial charge on any atom is -0.481 e. The van der Waals surface area contributed by atoms with Crippen LogP contribution in [0.2, 0.25) is 0 Å². The van der Waals surface area contributed by atoms with Crippen LogP contribution in [-0.4, -0.2) is 33.4 Å². The van der Waals surface area contributed by atoms with Crippen LogP contribution < -0.4 is 0 Å². The number of carboxylic acids is 2. The van der Waals surface area contributed by atoms with E-state index < -0.39 is 18.0 Å². The fourth-order valence-electron chi connectivity index (χ4n) is 1.45. The normalized spacial score (nSPS) is 12.8. The number of hydrogen-bond donors (Lipinski definition) is 3. The molecule has 0 heterocycles. The van der Waals surface area contributed by atoms with E-state index in [1.165, 1.54) is 6.08 Å². The number of rotatable bonds is 10. The van der Waals surface area contributed by atoms with Crippen molar-refractivity contribution in [3.63, 3.8) is 0 Å². The van der Waals surface area contributed by atoms with Gasteiger partial charge in [-0.05, 0) is 18.9 Å². The number of aliphatic hydroxyl groups excluding tert-OH is 1. The van der Waals surface area contributed by atoms with Crippen molar-refractivity contribution in [2.75, 3.05) is 0 Å². The van der Waals surface area contributed by atoms with Crippen molar-refractivity contribution < 1.29 is 24.9 Å². The molecule has 0 aromatic carbocycles. The lowest BCUT2D eigenvalue weighted by Gasteiger charge is -2.04. The van der Waals surface area contributed by atoms with Crippen molar-refractivity contribution in [3.05, 3.63) is 12.2 Å². The highest BCUT2D eigenvalue weighted by atomic mass is 16.4. The molecule has 5 nitrogen and oxygen atoms in total. The van der Waals surface area contributed by atoms with Crippen LogP contribution in [0, 0.1) is 0 Å². The number of aliphatic hydroxyl groups is 1. The fourth-order valence-corrected chi connectivity index (χ4v) is 1.45. The molecular weight excluding hydrogens is 224 g/mol. The summed E-state index contributed by atoms with van der Waals surface area (Å²) in [5.41, 5.74) is 0. The van der Waals surface area contributed by atoms with Gasteiger partial charge in [-0.25, -0.2) is 4.79 Å². The number of carbonyl (C=O) groups is 2. The van der Waals surface area contributed by atoms with Crippen molar-refractivity contribution in [2.24, 2.45) is 0 Å². The van der Waals surface area contributed by atoms with E-state index in [2.05, 4.69) is 0 Å². The minimum absolute atomic E-state index is 0.212. The maximum atomic E-state index is 10.2. The van der Waals surface area contributed by atoms with Gasteiger partial charge in [-0.3, -0.25) is 4.79 Å². The van der Waals surface area contributed by atoms with Crippen molar-refractivity contribution in [1.82, 2.24) is 0 Å². The second-order valence-electron chi connectivity index (χ2n) is 3.96. The Bertz CT molecular complexity index is 260. The highest BCUT2D eigenvalue weighted by Gasteiger charge is 2.00. The van der Waals surface area contributed by atoms with Crippen LogP contribution in [0.4, 0.5) is 0 Å². The monoisotopic (exact) mass is 244 g/mol. The molecule has 0 saturated carbocycles. The van der Waals surface area contributed by atoms with Crippen LogP contribution in [0.15, 0.2) is 12.2 Å². The zero-order chi connectivity index (χ0) is 13.1. The molecule has 0 bridgehead atoms. The zero-order valence-electron chi connectivity index (χ0n) is 9.84. The predicted molar refractivity (Wildman–Crippen MR) is 62.7 cm³/mol. The third kappa shape index (κ3) is 12.6. The molecule has 0 aliphatic heterocycles. The molecule has 0 aromatic rings. The molecule has 0 amide bonds. The molecule has 0 spiro atoms. The second-order valence-corrected chi connectivity index (χ2v) is 3.96. The molecule has 5 heteroatoms. The Balaban J connectivity index is 3.33. The van der Waals surface area contributed by atoms with Crippen LogP contribution >= 0.6 is 0 Å². The van der Waals surface area contributed by atoms with Crippen molar-refractivity contribution in [2.45, 2.75) is 51.0 Å². The van der Waals surface area contributed by atoms with Gasteiger partial charge in [-0.2, -0.15) is 0 Å². The molecule has 0 rings (SSSR count). The van der Waals surface area contributed by atoms with Gasteiger partial charge in [0.25, 0.3) is 0 Å². The molecule has 17 heavy (non-hydrogen) atoms. The van der Waals surface area contributed by atoms with Crippen LogP contribution in [-0.2, 0) is 9.59 Å². The molecular formula is C12H20O5. The van der Waals surface area contributed by atoms with E-state index in [9.17, 15) is 14.7 Å². The summed E-state index contributed by atoms with van der Waals surface area (Å²) in [5.74, 6) is -1.82. The van der Waals surface area contributed by atoms with Gasteiger partial charge >= 0.3 is 11.9 Å². The Labute approximate surface area is 101 Å². The molecule has 3 N–H and O–H groups in total. The maximum Gasteiger partial charge on any atom is 0.328 e. The van der Waals surface area contributed by atoms with Gasteiger partial charge in [0.1, 0.15) is 0 Å². The first-order valence-corrected chi connectivity index (χ1v) is 5.83. The smallest absolute Gasteiger partial charge is 0.328 e. The number of hydrogen-bond acceptors (Lipinski definition) is 3. The fraction of sp³-hybridized carbons (Fsp3) is 0.667. The Morgan fingerprint density at radius 1 is 1.00 bits per heavy atom. The van der Waals surface area contributed by atoms with Gasteiger partial charge in [0.2, 0.25) is 0 Å². The quantitative estimate of drug-likeness (QED) is 0.402. The lowest BCUT2D eigenvalue weighted by molar-refractivity contribution is -0.137. The number of aliphatic carboxylic acids is 2. The summed E-state index contributed by atoms with van der Waals surface area (Å²) in [6.45, 7) is 0. The summed E-state index contributed by atoms with van der Waals surface area (Å²) < 4.78 is 0. The van der Waals surface area contributed by atoms with Crippen LogP contribution in [0.5, 0.6) is 0 Å². The highest BCUT2D eigenvalue weighted by Crippen LogP contribution is 2.09. The topological polar surface area (TPSA) is 94.8 Å². The molecule has 0 saturated heterocycles. The molecule has 1 atom stereocenters. The van der Waals surface area contributed by atoms with E-state index in [0.29, 0.717) is 12.8 Å². The predicted octanol–water partition coefficient (Wildman–Crippen LogP) is 1.80. The van der Waals surface area contributed by atoms with Crippen LogP contribution in [0.25, 0.3) is 0 Å². The van der Waals surface area contributed by atoms with Gasteiger partial charge < -0.3 is 15.3 Å². The molecule has 0 fully saturated rings. The zero-order valence-corrected chi connectivity index (χ0v) is 9.84. The van der Waals surface area contributed by atoms with Crippen molar-refractivity contribution in [1.29, 1.82) is 0 Å². The minimum atomic E-state index is -1.06. The third-order valence-corrected chi connectivity index (χ3v) is 2.35. The number of unbranched alkanes of at least 4 members (excludes halogenated alkanes) is 4. The first-order valence-electron chi connectivity index (χ1n) is 5.83. The average Bonchev–Trinajstić information content (AvgIpc) is 2.24. The van der Waals surface area contributed by atoms with Gasteiger partial charge in [0.05, 0.1) is 6.10 Å². The largest absolute Gasteiger partial charge is 0.481 e. The standard InChI is InChI=1S/C12H20O5/c13-10(8-9-12(16)17)6-4-2-1-3-5-7-11(14)15/h8-10,13H,1-7H2,(H,14,15)(H,16,17)/b9-8+/t10-/m0/s1. The molecule has 0 radical (unpaired) electrons. The van der Waals surface area contributed by atoms with Gasteiger partial charge in [-0.15, -0.1) is 0 Å². The van der Waals surface area contributed by atoms with Gasteiger partial charge in [-0.1, -0.05) is 25.7 Å². The van der Waals surface area contributed by atoms with Crippen molar-refractivity contribution >= 4 is 11.9 Å². The maximum absolute atomic E-state index is 10.2. The molecule has 0 unspecified atom stereocenters. The number of carboxylic acid groups (broad SMARTS) is 2. The molecule has 0 aromatic heterocycles. The van der Waals surface area contributed by atoms with Crippen molar-refractivity contribution in [3.8, 4) is 0 Å². The lowest BCUT2D eigenvalue weighted by atomic mass is 10.1. The Morgan fingerprint density at radius 2 is 1.59 bits per heavy atom. The first kappa shape index (κ1) is 15.6. The summed E-state index contributed by atoms with van der Waals surface area (Å²) in [5, 5.41) is 26.1. The molecule has 0 aliphatic carbocycles. The second kappa shape index (κ2) is 9.84. The van der Waals surface area contributed by atoms with Gasteiger partial charge in [0, 0.05) is 12.5 Å². The van der Waals surface area contributed by atoms with E-state index in [0.717, 1.165) is 31.8 Å². The highest BCUT2D eigenvalue weighted by molar-refractivity contribution is 5.79. The lowest BCUT2D eigenvalue weighted by Crippen LogP contribution is -2.03. The van der Waals surface area contributed by atoms with Crippen LogP contribution in [0.1, 0.15) is 44.9 Å². The Morgan fingerprint density at radius 3 is 2.18 bits per heavy atom. The summed E-state index contributed by atoms with van der Waals surface area (Å²) in [6.07, 6.45) is 6.53. The third-order valence-electron chi connectivity index (χ3n) is 2.35. The van der Waals surface area contributed by atoms with E-state index in [1.54, 1.807) is 0 Å². The SMILES string of the molecule is O=C(O)/C=C/[C@@H](O)CCCCCCCC(=O)O. The Hall–Kier alpha value is -1.36. The molecule has 98 valence electrons. The van der Waals surface area contributed by atoms with E-state index in [1.807, 2.05) is 0 Å². The molecule has 0 aliphatic rings. The summed E-state index contributed by atoms with van der Waals surface area (Å²) >= 11 is 0. The average molecular weight is 244 g/mol. The van der Waals surface area contributed by atoms with E-state index in [4.69, 9.17) is 10.2 Å². The van der Waals surface area contributed by atoms with Crippen LogP contribution in [0.3, 0.4) is 0 Å². The first-order chi connectivity index (χ1) is 8.02. The summed E-state index contributed by atoms with van der Waals surface area (Å²) in [7, 11) is 0. The van der Waals surface area contributed by atoms with E-state index >= 15 is 0 Å². The summed E-state index contributed by atoms with van der Waals surface area (Å²) in [6, 6.07) is 0. The van der Waals surface area contributed by atoms with E-state index in [-0.39, 0.29) is 6.42 Å².